The van der Waals surface area contributed by atoms with Gasteiger partial charge in [-0.25, -0.2) is 0 Å². The highest BCUT2D eigenvalue weighted by molar-refractivity contribution is 6.24. The average Bonchev–Trinajstić information content (AvgIpc) is 3.01. The first-order chi connectivity index (χ1) is 9.28. The lowest BCUT2D eigenvalue weighted by molar-refractivity contribution is -0.0441. The normalized spacial score (nSPS) is 71.4. The van der Waals surface area contributed by atoms with Gasteiger partial charge in [-0.15, -0.1) is 0 Å². The Bertz CT molecular complexity index is 644. The van der Waals surface area contributed by atoms with Crippen LogP contribution in [0.3, 0.4) is 0 Å². The summed E-state index contributed by atoms with van der Waals surface area (Å²) in [5, 5.41) is -0.276. The van der Waals surface area contributed by atoms with Gasteiger partial charge in [-0.3, -0.25) is 0 Å². The molecule has 1 nitrogen and oxygen atoms in total. The Labute approximate surface area is 117 Å². The van der Waals surface area contributed by atoms with Gasteiger partial charge >= 0.3 is 0 Å². The zero-order chi connectivity index (χ0) is 12.1. The van der Waals surface area contributed by atoms with Gasteiger partial charge in [0, 0.05) is 23.7 Å². The van der Waals surface area contributed by atoms with E-state index in [0.717, 1.165) is 35.5 Å². The number of hydrogen-bond donors (Lipinski definition) is 0. The van der Waals surface area contributed by atoms with Gasteiger partial charge in [-0.1, -0.05) is 41.9 Å². The maximum atomic E-state index is 7.05. The molecule has 0 N–H and O–H groups in total. The molecule has 4 bridgehead atoms. The molecule has 10 atom stereocenters. The number of ether oxygens (including phenoxy) is 1. The van der Waals surface area contributed by atoms with Crippen LogP contribution in [-0.4, -0.2) is 5.06 Å². The van der Waals surface area contributed by atoms with Gasteiger partial charge in [-0.2, -0.15) is 0 Å². The molecule has 2 heteroatoms. The van der Waals surface area contributed by atoms with E-state index in [-0.39, 0.29) is 10.7 Å². The average molecular weight is 271 g/mol. The predicted molar refractivity (Wildman–Crippen MR) is 70.3 cm³/mol. The Hall–Kier alpha value is -0.530. The van der Waals surface area contributed by atoms with Crippen LogP contribution in [0.1, 0.15) is 12.0 Å². The van der Waals surface area contributed by atoms with Gasteiger partial charge in [0.25, 0.3) is 0 Å². The number of alkyl halides is 1. The summed E-state index contributed by atoms with van der Waals surface area (Å²) in [7, 11) is 0. The Morgan fingerprint density at radius 1 is 0.947 bits per heavy atom. The van der Waals surface area contributed by atoms with Crippen LogP contribution in [0.2, 0.25) is 0 Å². The van der Waals surface area contributed by atoms with Gasteiger partial charge in [0.1, 0.15) is 10.7 Å². The Kier molecular flexibility index (Phi) is 1.14. The van der Waals surface area contributed by atoms with Crippen LogP contribution in [-0.2, 0) is 10.3 Å². The molecule has 0 aromatic heterocycles. The SMILES string of the molecule is Cl[C@@]12O[C@@]3(c4ccccc4)[C@@H]4[C@H]5C[C@@H]([C@@H]6[C@@H]5[C@@H]3[C@@H]61)[C@@H]42. The van der Waals surface area contributed by atoms with Crippen LogP contribution in [0, 0.1) is 47.3 Å². The highest BCUT2D eigenvalue weighted by Gasteiger charge is 2.97. The number of hydrogen-bond acceptors (Lipinski definition) is 1. The van der Waals surface area contributed by atoms with Crippen LogP contribution in [0.15, 0.2) is 30.3 Å². The van der Waals surface area contributed by atoms with Crippen LogP contribution >= 0.6 is 11.6 Å². The van der Waals surface area contributed by atoms with Crippen LogP contribution in [0.25, 0.3) is 0 Å². The van der Waals surface area contributed by atoms with Gasteiger partial charge in [0.05, 0.1) is 0 Å². The Balaban J connectivity index is 1.59. The van der Waals surface area contributed by atoms with Crippen molar-refractivity contribution in [1.29, 1.82) is 0 Å². The van der Waals surface area contributed by atoms with E-state index in [0.29, 0.717) is 11.8 Å². The Morgan fingerprint density at radius 2 is 1.68 bits per heavy atom. The van der Waals surface area contributed by atoms with E-state index < -0.39 is 0 Å². The highest BCUT2D eigenvalue weighted by atomic mass is 35.5. The van der Waals surface area contributed by atoms with Gasteiger partial charge in [0.2, 0.25) is 0 Å². The minimum absolute atomic E-state index is 0.00935. The van der Waals surface area contributed by atoms with E-state index >= 15 is 0 Å². The second-order valence-corrected chi connectivity index (χ2v) is 8.37. The third kappa shape index (κ3) is 0.600. The van der Waals surface area contributed by atoms with Crippen molar-refractivity contribution in [3.05, 3.63) is 35.9 Å². The summed E-state index contributed by atoms with van der Waals surface area (Å²) in [6, 6.07) is 11.0. The first-order valence-corrected chi connectivity index (χ1v) is 8.11. The summed E-state index contributed by atoms with van der Waals surface area (Å²) in [6.07, 6.45) is 1.46. The maximum absolute atomic E-state index is 7.05. The first-order valence-electron chi connectivity index (χ1n) is 7.73. The topological polar surface area (TPSA) is 9.23 Å². The molecule has 2 aliphatic heterocycles. The van der Waals surface area contributed by atoms with E-state index in [9.17, 15) is 0 Å². The minimum atomic E-state index is -0.276. The summed E-state index contributed by atoms with van der Waals surface area (Å²) < 4.78 is 6.69. The van der Waals surface area contributed by atoms with Crippen molar-refractivity contribution in [2.45, 2.75) is 17.1 Å². The lowest BCUT2D eigenvalue weighted by atomic mass is 9.56. The smallest absolute Gasteiger partial charge is 0.149 e. The second kappa shape index (κ2) is 2.29. The summed E-state index contributed by atoms with van der Waals surface area (Å²) in [5.74, 6) is 6.57. The van der Waals surface area contributed by atoms with Crippen molar-refractivity contribution in [2.75, 3.05) is 0 Å². The number of benzene rings is 1. The largest absolute Gasteiger partial charge is 0.347 e. The van der Waals surface area contributed by atoms with Crippen LogP contribution in [0.4, 0.5) is 0 Å². The molecule has 5 saturated carbocycles. The second-order valence-electron chi connectivity index (χ2n) is 7.78. The molecule has 0 unspecified atom stereocenters. The Morgan fingerprint density at radius 3 is 2.53 bits per heavy atom. The molecule has 0 spiro atoms. The molecule has 0 amide bonds. The first kappa shape index (κ1) is 9.41. The van der Waals surface area contributed by atoms with E-state index in [2.05, 4.69) is 30.3 Å². The lowest BCUT2D eigenvalue weighted by Gasteiger charge is -2.46. The van der Waals surface area contributed by atoms with E-state index in [4.69, 9.17) is 16.3 Å². The molecule has 96 valence electrons. The summed E-state index contributed by atoms with van der Waals surface area (Å²) >= 11 is 7.05. The summed E-state index contributed by atoms with van der Waals surface area (Å²) in [4.78, 5) is 0. The van der Waals surface area contributed by atoms with Crippen molar-refractivity contribution in [3.63, 3.8) is 0 Å². The maximum Gasteiger partial charge on any atom is 0.149 e. The zero-order valence-corrected chi connectivity index (χ0v) is 11.3. The van der Waals surface area contributed by atoms with Crippen molar-refractivity contribution < 1.29 is 4.74 Å². The fourth-order valence-corrected chi connectivity index (χ4v) is 8.85. The highest BCUT2D eigenvalue weighted by Crippen LogP contribution is 2.95. The van der Waals surface area contributed by atoms with E-state index in [1.54, 1.807) is 0 Å². The molecule has 7 aliphatic rings. The molecule has 8 rings (SSSR count). The van der Waals surface area contributed by atoms with Crippen molar-refractivity contribution >= 4 is 11.6 Å². The fourth-order valence-electron chi connectivity index (χ4n) is 8.15. The quantitative estimate of drug-likeness (QED) is 0.712. The molecule has 7 fully saturated rings. The van der Waals surface area contributed by atoms with E-state index in [1.807, 2.05) is 0 Å². The molecule has 5 aliphatic carbocycles. The molecule has 1 aromatic carbocycles. The number of rotatable bonds is 1. The summed E-state index contributed by atoms with van der Waals surface area (Å²) in [6.45, 7) is 0. The van der Waals surface area contributed by atoms with Gasteiger partial charge < -0.3 is 4.74 Å². The van der Waals surface area contributed by atoms with Crippen molar-refractivity contribution in [3.8, 4) is 0 Å². The van der Waals surface area contributed by atoms with Crippen molar-refractivity contribution in [1.82, 2.24) is 0 Å². The molecule has 1 aromatic rings. The molecule has 2 heterocycles. The molecule has 2 saturated heterocycles. The number of halogens is 1. The third-order valence-corrected chi connectivity index (χ3v) is 8.53. The van der Waals surface area contributed by atoms with E-state index in [1.165, 1.54) is 12.0 Å². The minimum Gasteiger partial charge on any atom is -0.347 e. The van der Waals surface area contributed by atoms with Gasteiger partial charge in [-0.05, 0) is 35.7 Å². The molecular formula is C17H15ClO. The predicted octanol–water partition coefficient (Wildman–Crippen LogP) is 3.23. The zero-order valence-electron chi connectivity index (χ0n) is 10.5. The van der Waals surface area contributed by atoms with Crippen LogP contribution < -0.4 is 0 Å². The lowest BCUT2D eigenvalue weighted by Crippen LogP contribution is -2.49. The standard InChI is InChI=1S/C17H15ClO/c18-17-13-9-6-8-10-11(9)15(17)14(10)16(19-17,12(8)13)7-4-2-1-3-5-7/h1-5,8-15H,6H2/t8-,9-,10+,11+,12+,13-,14+,15+,16-,17-/m0/s1. The third-order valence-electron chi connectivity index (χ3n) is 7.95. The van der Waals surface area contributed by atoms with Crippen LogP contribution in [0.5, 0.6) is 0 Å². The molecule has 19 heavy (non-hydrogen) atoms. The van der Waals surface area contributed by atoms with Gasteiger partial charge in [0.15, 0.2) is 0 Å². The fraction of sp³-hybridized carbons (Fsp3) is 0.647. The molecule has 0 radical (unpaired) electrons. The molecular weight excluding hydrogens is 256 g/mol. The van der Waals surface area contributed by atoms with Crippen molar-refractivity contribution in [2.24, 2.45) is 47.3 Å². The monoisotopic (exact) mass is 270 g/mol. The summed E-state index contributed by atoms with van der Waals surface area (Å²) in [5.41, 5.74) is 1.43.